The average molecular weight is 331 g/mol. The number of benzene rings is 1. The number of carboxylic acids is 1. The molecule has 1 N–H and O–H groups in total. The molecule has 0 saturated heterocycles. The zero-order valence-corrected chi connectivity index (χ0v) is 14.2. The largest absolute Gasteiger partial charge is 0.480 e. The second-order valence-corrected chi connectivity index (χ2v) is 8.53. The first-order chi connectivity index (χ1) is 9.66. The van der Waals surface area contributed by atoms with Gasteiger partial charge in [-0.2, -0.15) is 0 Å². The Kier molecular flexibility index (Phi) is 6.24. The summed E-state index contributed by atoms with van der Waals surface area (Å²) in [7, 11) is -0.499. The lowest BCUT2D eigenvalue weighted by molar-refractivity contribution is -0.137. The van der Waals surface area contributed by atoms with Crippen LogP contribution in [0.25, 0.3) is 0 Å². The third-order valence-electron chi connectivity index (χ3n) is 2.96. The fourth-order valence-corrected chi connectivity index (χ4v) is 3.79. The lowest BCUT2D eigenvalue weighted by Crippen LogP contribution is -2.23. The van der Waals surface area contributed by atoms with Crippen molar-refractivity contribution in [2.24, 2.45) is 5.92 Å². The molecular formula is C14H21NO4S2. The highest BCUT2D eigenvalue weighted by Gasteiger charge is 2.22. The molecule has 0 aliphatic rings. The van der Waals surface area contributed by atoms with Gasteiger partial charge in [0.05, 0.1) is 4.90 Å². The van der Waals surface area contributed by atoms with Gasteiger partial charge in [-0.05, 0) is 23.6 Å². The fourth-order valence-electron chi connectivity index (χ4n) is 1.74. The van der Waals surface area contributed by atoms with Crippen LogP contribution >= 0.6 is 11.8 Å². The number of nitrogens with zero attached hydrogens (tertiary/aromatic N) is 1. The third kappa shape index (κ3) is 4.72. The van der Waals surface area contributed by atoms with E-state index in [1.165, 1.54) is 25.9 Å². The lowest BCUT2D eigenvalue weighted by Gasteiger charge is -2.16. The second kappa shape index (κ2) is 7.29. The zero-order chi connectivity index (χ0) is 16.2. The van der Waals surface area contributed by atoms with Gasteiger partial charge < -0.3 is 5.11 Å². The average Bonchev–Trinajstić information content (AvgIpc) is 2.38. The van der Waals surface area contributed by atoms with Crippen molar-refractivity contribution in [1.82, 2.24) is 4.31 Å². The monoisotopic (exact) mass is 331 g/mol. The maximum absolute atomic E-state index is 12.1. The van der Waals surface area contributed by atoms with E-state index in [9.17, 15) is 13.2 Å². The maximum Gasteiger partial charge on any atom is 0.316 e. The van der Waals surface area contributed by atoms with E-state index in [0.29, 0.717) is 5.75 Å². The summed E-state index contributed by atoms with van der Waals surface area (Å²) in [5.74, 6) is -0.361. The van der Waals surface area contributed by atoms with E-state index in [-0.39, 0.29) is 10.8 Å². The smallest absolute Gasteiger partial charge is 0.316 e. The van der Waals surface area contributed by atoms with Crippen molar-refractivity contribution < 1.29 is 18.3 Å². The van der Waals surface area contributed by atoms with Gasteiger partial charge in [0.2, 0.25) is 10.0 Å². The van der Waals surface area contributed by atoms with Crippen LogP contribution < -0.4 is 0 Å². The van der Waals surface area contributed by atoms with Crippen molar-refractivity contribution in [3.63, 3.8) is 0 Å². The van der Waals surface area contributed by atoms with Gasteiger partial charge in [-0.15, -0.1) is 11.8 Å². The van der Waals surface area contributed by atoms with Crippen LogP contribution in [-0.2, 0) is 20.6 Å². The molecule has 7 heteroatoms. The number of thioether (sulfide) groups is 1. The summed E-state index contributed by atoms with van der Waals surface area (Å²) >= 11 is 1.31. The van der Waals surface area contributed by atoms with Gasteiger partial charge in [-0.25, -0.2) is 12.7 Å². The Morgan fingerprint density at radius 3 is 2.43 bits per heavy atom. The summed E-state index contributed by atoms with van der Waals surface area (Å²) in [6.45, 7) is 3.72. The van der Waals surface area contributed by atoms with Crippen LogP contribution in [0.5, 0.6) is 0 Å². The molecule has 0 bridgehead atoms. The van der Waals surface area contributed by atoms with Crippen LogP contribution in [0.3, 0.4) is 0 Å². The molecule has 5 nitrogen and oxygen atoms in total. The molecule has 1 atom stereocenters. The summed E-state index contributed by atoms with van der Waals surface area (Å²) in [5, 5.41) is 8.65. The van der Waals surface area contributed by atoms with Crippen LogP contribution in [-0.4, -0.2) is 43.1 Å². The van der Waals surface area contributed by atoms with Crippen molar-refractivity contribution in [3.05, 3.63) is 29.8 Å². The summed E-state index contributed by atoms with van der Waals surface area (Å²) in [5.41, 5.74) is 0.801. The molecule has 0 heterocycles. The molecule has 1 aromatic carbocycles. The Hall–Kier alpha value is -1.05. The number of carboxylic acid groups (broad SMARTS) is 1. The zero-order valence-electron chi connectivity index (χ0n) is 12.6. The highest BCUT2D eigenvalue weighted by atomic mass is 32.2. The van der Waals surface area contributed by atoms with E-state index in [1.54, 1.807) is 24.3 Å². The second-order valence-electron chi connectivity index (χ2n) is 5.25. The quantitative estimate of drug-likeness (QED) is 0.829. The van der Waals surface area contributed by atoms with Crippen LogP contribution in [0.4, 0.5) is 0 Å². The number of aliphatic carboxylic acids is 1. The molecule has 0 aliphatic heterocycles. The molecule has 1 aromatic rings. The first kappa shape index (κ1) is 18.0. The highest BCUT2D eigenvalue weighted by molar-refractivity contribution is 7.99. The molecular weight excluding hydrogens is 310 g/mol. The maximum atomic E-state index is 12.1. The molecule has 0 amide bonds. The number of carbonyl (C=O) groups is 1. The van der Waals surface area contributed by atoms with E-state index >= 15 is 0 Å². The van der Waals surface area contributed by atoms with Crippen molar-refractivity contribution in [2.45, 2.75) is 29.7 Å². The Balaban J connectivity index is 2.90. The van der Waals surface area contributed by atoms with Gasteiger partial charge in [0, 0.05) is 19.8 Å². The number of hydrogen-bond donors (Lipinski definition) is 1. The molecule has 0 fully saturated rings. The minimum atomic E-state index is -3.46. The van der Waals surface area contributed by atoms with Crippen LogP contribution in [0.1, 0.15) is 19.4 Å². The van der Waals surface area contributed by atoms with Gasteiger partial charge in [0.1, 0.15) is 5.25 Å². The molecule has 0 aromatic heterocycles. The Morgan fingerprint density at radius 1 is 1.33 bits per heavy atom. The number of sulfonamides is 1. The molecule has 0 aliphatic carbocycles. The van der Waals surface area contributed by atoms with Crippen molar-refractivity contribution in [2.75, 3.05) is 14.1 Å². The van der Waals surface area contributed by atoms with Crippen molar-refractivity contribution >= 4 is 27.8 Å². The minimum Gasteiger partial charge on any atom is -0.480 e. The summed E-state index contributed by atoms with van der Waals surface area (Å²) < 4.78 is 25.3. The SMILES string of the molecule is CC(C)C(SCc1cccc(S(=O)(=O)N(C)C)c1)C(=O)O. The van der Waals surface area contributed by atoms with Crippen molar-refractivity contribution in [3.8, 4) is 0 Å². The number of hydrogen-bond acceptors (Lipinski definition) is 4. The Labute approximate surface area is 130 Å². The molecule has 0 saturated carbocycles. The standard InChI is InChI=1S/C14H21NO4S2/c1-10(2)13(14(16)17)20-9-11-6-5-7-12(8-11)21(18,19)15(3)4/h5-8,10,13H,9H2,1-4H3,(H,16,17). The highest BCUT2D eigenvalue weighted by Crippen LogP contribution is 2.25. The molecule has 118 valence electrons. The first-order valence-corrected chi connectivity index (χ1v) is 9.01. The van der Waals surface area contributed by atoms with Gasteiger partial charge in [-0.3, -0.25) is 4.79 Å². The van der Waals surface area contributed by atoms with E-state index in [1.807, 2.05) is 13.8 Å². The van der Waals surface area contributed by atoms with E-state index < -0.39 is 21.2 Å². The van der Waals surface area contributed by atoms with Crippen molar-refractivity contribution in [1.29, 1.82) is 0 Å². The summed E-state index contributed by atoms with van der Waals surface area (Å²) in [6, 6.07) is 6.63. The van der Waals surface area contributed by atoms with Crippen LogP contribution in [0.2, 0.25) is 0 Å². The molecule has 0 radical (unpaired) electrons. The Morgan fingerprint density at radius 2 is 1.95 bits per heavy atom. The molecule has 1 rings (SSSR count). The molecule has 1 unspecified atom stereocenters. The van der Waals surface area contributed by atoms with Gasteiger partial charge >= 0.3 is 5.97 Å². The normalized spacial score (nSPS) is 13.6. The third-order valence-corrected chi connectivity index (χ3v) is 6.37. The fraction of sp³-hybridized carbons (Fsp3) is 0.500. The minimum absolute atomic E-state index is 0.0150. The topological polar surface area (TPSA) is 74.7 Å². The predicted molar refractivity (Wildman–Crippen MR) is 84.9 cm³/mol. The Bertz CT molecular complexity index is 597. The molecule has 21 heavy (non-hydrogen) atoms. The van der Waals surface area contributed by atoms with Gasteiger partial charge in [0.25, 0.3) is 0 Å². The predicted octanol–water partition coefficient (Wildman–Crippen LogP) is 2.28. The first-order valence-electron chi connectivity index (χ1n) is 6.52. The summed E-state index contributed by atoms with van der Waals surface area (Å²) in [6.07, 6.45) is 0. The van der Waals surface area contributed by atoms with Crippen LogP contribution in [0, 0.1) is 5.92 Å². The van der Waals surface area contributed by atoms with E-state index in [4.69, 9.17) is 5.11 Å². The van der Waals surface area contributed by atoms with Crippen LogP contribution in [0.15, 0.2) is 29.2 Å². The lowest BCUT2D eigenvalue weighted by atomic mass is 10.1. The van der Waals surface area contributed by atoms with Gasteiger partial charge in [0.15, 0.2) is 0 Å². The summed E-state index contributed by atoms with van der Waals surface area (Å²) in [4.78, 5) is 11.4. The van der Waals surface area contributed by atoms with E-state index in [2.05, 4.69) is 0 Å². The number of rotatable bonds is 7. The van der Waals surface area contributed by atoms with E-state index in [0.717, 1.165) is 9.87 Å². The van der Waals surface area contributed by atoms with Gasteiger partial charge in [-0.1, -0.05) is 26.0 Å². The molecule has 0 spiro atoms.